The van der Waals surface area contributed by atoms with E-state index in [4.69, 9.17) is 37.0 Å². The number of unbranched alkanes of at least 4 members (excludes halogenated alkanes) is 24. The van der Waals surface area contributed by atoms with Crippen LogP contribution in [0.15, 0.2) is 146 Å². The minimum atomic E-state index is -5.00. The van der Waals surface area contributed by atoms with E-state index in [-0.39, 0.29) is 25.7 Å². The van der Waals surface area contributed by atoms with Gasteiger partial charge in [0, 0.05) is 25.7 Å². The Kier molecular flexibility index (Phi) is 72.4. The van der Waals surface area contributed by atoms with Crippen LogP contribution in [-0.2, 0) is 65.4 Å². The zero-order valence-electron chi connectivity index (χ0n) is 64.9. The maximum atomic E-state index is 13.1. The van der Waals surface area contributed by atoms with E-state index in [1.165, 1.54) is 70.6 Å². The Balaban J connectivity index is 5.45. The molecule has 19 heteroatoms. The quantitative estimate of drug-likeness (QED) is 0.0169. The van der Waals surface area contributed by atoms with Gasteiger partial charge in [-0.05, 0) is 161 Å². The highest BCUT2D eigenvalue weighted by atomic mass is 31.2. The third-order valence-electron chi connectivity index (χ3n) is 16.3. The Morgan fingerprint density at radius 3 is 0.865 bits per heavy atom. The fourth-order valence-electron chi connectivity index (χ4n) is 10.2. The number of allylic oxidation sites excluding steroid dienone is 24. The van der Waals surface area contributed by atoms with Crippen molar-refractivity contribution in [2.75, 3.05) is 39.6 Å². The average molecular weight is 1500 g/mol. The number of phosphoric ester groups is 2. The number of aliphatic hydroxyl groups is 1. The van der Waals surface area contributed by atoms with Crippen molar-refractivity contribution in [3.05, 3.63) is 146 Å². The van der Waals surface area contributed by atoms with Crippen LogP contribution in [0.25, 0.3) is 0 Å². The van der Waals surface area contributed by atoms with E-state index < -0.39 is 97.5 Å². The minimum absolute atomic E-state index is 0.0326. The summed E-state index contributed by atoms with van der Waals surface area (Å²) in [5.74, 6) is -2.33. The number of carbonyl (C=O) groups is 4. The van der Waals surface area contributed by atoms with Crippen LogP contribution >= 0.6 is 15.6 Å². The first-order valence-electron chi connectivity index (χ1n) is 40.1. The molecule has 0 rings (SSSR count). The molecule has 0 amide bonds. The molecule has 0 spiro atoms. The molecule has 0 aromatic heterocycles. The SMILES string of the molecule is CC/C=C\C/C=C\C/C=C\C/C=C\C/C=C\CCCCCC(=O)O[C@H](COC(=O)CCCCCCC/C=C\CCCCCC)COP(=O)(O)OC[C@H](O)COP(=O)(O)OC[C@@H](COC(=O)CC/C=C\C/C=C\C/C=C\C/C=C\C/C=C\CCCCC)OC(=O)CCCCCCC/C=C\CCCCCC. The van der Waals surface area contributed by atoms with Crippen molar-refractivity contribution < 1.29 is 80.2 Å². The summed E-state index contributed by atoms with van der Waals surface area (Å²) in [6, 6.07) is 0. The Bertz CT molecular complexity index is 2540. The predicted octanol–water partition coefficient (Wildman–Crippen LogP) is 23.4. The molecule has 0 aromatic rings. The number of hydrogen-bond donors (Lipinski definition) is 3. The number of phosphoric acid groups is 2. The van der Waals surface area contributed by atoms with Gasteiger partial charge in [-0.15, -0.1) is 0 Å². The zero-order chi connectivity index (χ0) is 76.0. The largest absolute Gasteiger partial charge is 0.472 e. The number of esters is 4. The van der Waals surface area contributed by atoms with Gasteiger partial charge in [-0.1, -0.05) is 270 Å². The first-order chi connectivity index (χ1) is 50.7. The monoisotopic (exact) mass is 1500 g/mol. The molecular formula is C85H142O17P2. The van der Waals surface area contributed by atoms with Crippen LogP contribution in [-0.4, -0.2) is 96.7 Å². The second-order valence-electron chi connectivity index (χ2n) is 26.3. The van der Waals surface area contributed by atoms with Gasteiger partial charge in [0.1, 0.15) is 19.3 Å². The zero-order valence-corrected chi connectivity index (χ0v) is 66.7. The molecule has 17 nitrogen and oxygen atoms in total. The number of carbonyl (C=O) groups excluding carboxylic acids is 4. The molecule has 3 N–H and O–H groups in total. The highest BCUT2D eigenvalue weighted by Crippen LogP contribution is 2.45. The molecule has 0 bridgehead atoms. The fraction of sp³-hybridized carbons (Fsp3) is 0.671. The van der Waals surface area contributed by atoms with Crippen molar-refractivity contribution in [2.45, 2.75) is 329 Å². The predicted molar refractivity (Wildman–Crippen MR) is 427 cm³/mol. The minimum Gasteiger partial charge on any atom is -0.462 e. The van der Waals surface area contributed by atoms with E-state index in [0.717, 1.165) is 154 Å². The molecule has 594 valence electrons. The van der Waals surface area contributed by atoms with Crippen molar-refractivity contribution in [3.8, 4) is 0 Å². The molecule has 0 aromatic carbocycles. The molecule has 0 aliphatic carbocycles. The molecule has 0 saturated carbocycles. The van der Waals surface area contributed by atoms with Crippen molar-refractivity contribution in [3.63, 3.8) is 0 Å². The average Bonchev–Trinajstić information content (AvgIpc) is 0.913. The fourth-order valence-corrected chi connectivity index (χ4v) is 11.7. The Morgan fingerprint density at radius 1 is 0.279 bits per heavy atom. The molecule has 5 atom stereocenters. The van der Waals surface area contributed by atoms with Gasteiger partial charge in [0.2, 0.25) is 0 Å². The van der Waals surface area contributed by atoms with E-state index >= 15 is 0 Å². The summed E-state index contributed by atoms with van der Waals surface area (Å²) in [4.78, 5) is 73.0. The maximum absolute atomic E-state index is 13.1. The smallest absolute Gasteiger partial charge is 0.462 e. The van der Waals surface area contributed by atoms with E-state index in [1.807, 2.05) is 12.2 Å². The van der Waals surface area contributed by atoms with Crippen LogP contribution in [0.3, 0.4) is 0 Å². The highest BCUT2D eigenvalue weighted by molar-refractivity contribution is 7.47. The number of hydrogen-bond acceptors (Lipinski definition) is 15. The lowest BCUT2D eigenvalue weighted by atomic mass is 10.1. The van der Waals surface area contributed by atoms with Crippen LogP contribution < -0.4 is 0 Å². The molecule has 0 aliphatic rings. The van der Waals surface area contributed by atoms with Crippen LogP contribution in [0.5, 0.6) is 0 Å². The second kappa shape index (κ2) is 76.1. The van der Waals surface area contributed by atoms with Crippen LogP contribution in [0, 0.1) is 0 Å². The van der Waals surface area contributed by atoms with Crippen molar-refractivity contribution in [1.29, 1.82) is 0 Å². The normalized spacial score (nSPS) is 14.6. The molecule has 104 heavy (non-hydrogen) atoms. The van der Waals surface area contributed by atoms with Crippen molar-refractivity contribution >= 4 is 39.5 Å². The molecule has 0 aliphatic heterocycles. The molecule has 2 unspecified atom stereocenters. The van der Waals surface area contributed by atoms with Gasteiger partial charge in [-0.25, -0.2) is 9.13 Å². The van der Waals surface area contributed by atoms with E-state index in [9.17, 15) is 43.2 Å². The van der Waals surface area contributed by atoms with Crippen molar-refractivity contribution in [2.24, 2.45) is 0 Å². The summed E-state index contributed by atoms with van der Waals surface area (Å²) in [6.07, 6.45) is 87.0. The topological polar surface area (TPSA) is 237 Å². The van der Waals surface area contributed by atoms with Gasteiger partial charge in [0.15, 0.2) is 12.2 Å². The summed E-state index contributed by atoms with van der Waals surface area (Å²) >= 11 is 0. The standard InChI is InChI=1S/C85H142O17P2/c1-5-9-13-17-21-25-29-33-35-37-39-41-43-47-50-54-58-62-66-70-83(88)96-76-80(101-84(89)71-67-63-59-55-51-46-32-28-24-20-16-12-8-4)77-99-103(91,92)97-73-79(86)74-98-104(93,94)100-78-81(75-95-82(87)69-65-61-57-53-49-45-31-27-23-19-15-11-7-3)102-85(90)72-68-64-60-56-52-48-44-42-40-38-36-34-30-26-22-18-14-10-6-2/h10,14,21-22,25-28,31-36,39-42,47-48,50,52,58,62,79-81,86H,5-9,11-13,15-20,23-24,29-30,37-38,43-46,49,51,53-57,59-61,63-78H2,1-4H3,(H,91,92)(H,93,94)/b14-10-,25-21-,26-22-,31-27-,32-28-,35-33-,36-34-,41-39-,42-40-,50-47-,52-48-,62-58-/t79-,80-,81-/m1/s1. The Morgan fingerprint density at radius 2 is 0.519 bits per heavy atom. The van der Waals surface area contributed by atoms with Crippen LogP contribution in [0.2, 0.25) is 0 Å². The van der Waals surface area contributed by atoms with E-state index in [2.05, 4.69) is 161 Å². The van der Waals surface area contributed by atoms with E-state index in [1.54, 1.807) is 0 Å². The van der Waals surface area contributed by atoms with E-state index in [0.29, 0.717) is 32.1 Å². The second-order valence-corrected chi connectivity index (χ2v) is 29.2. The highest BCUT2D eigenvalue weighted by Gasteiger charge is 2.30. The Labute approximate surface area is 630 Å². The van der Waals surface area contributed by atoms with Gasteiger partial charge in [-0.3, -0.25) is 37.3 Å². The summed E-state index contributed by atoms with van der Waals surface area (Å²) in [5, 5.41) is 10.6. The first kappa shape index (κ1) is 98.9. The molecular weight excluding hydrogens is 1350 g/mol. The van der Waals surface area contributed by atoms with Crippen LogP contribution in [0.4, 0.5) is 0 Å². The van der Waals surface area contributed by atoms with Gasteiger partial charge < -0.3 is 33.8 Å². The lowest BCUT2D eigenvalue weighted by molar-refractivity contribution is -0.161. The lowest BCUT2D eigenvalue weighted by Gasteiger charge is -2.21. The molecule has 0 radical (unpaired) electrons. The Hall–Kier alpha value is -5.06. The summed E-state index contributed by atoms with van der Waals surface area (Å²) in [5.41, 5.74) is 0. The van der Waals surface area contributed by atoms with Crippen LogP contribution in [0.1, 0.15) is 310 Å². The summed E-state index contributed by atoms with van der Waals surface area (Å²) in [6.45, 7) is 4.56. The first-order valence-corrected chi connectivity index (χ1v) is 43.1. The number of rotatable bonds is 74. The molecule has 0 fully saturated rings. The molecule has 0 heterocycles. The third-order valence-corrected chi connectivity index (χ3v) is 18.2. The lowest BCUT2D eigenvalue weighted by Crippen LogP contribution is -2.30. The number of aliphatic hydroxyl groups excluding tert-OH is 1. The van der Waals surface area contributed by atoms with Gasteiger partial charge in [0.05, 0.1) is 26.4 Å². The summed E-state index contributed by atoms with van der Waals surface area (Å²) < 4.78 is 68.5. The molecule has 0 saturated heterocycles. The number of ether oxygens (including phenoxy) is 4. The van der Waals surface area contributed by atoms with Gasteiger partial charge >= 0.3 is 39.5 Å². The van der Waals surface area contributed by atoms with Gasteiger partial charge in [-0.2, -0.15) is 0 Å². The van der Waals surface area contributed by atoms with Crippen molar-refractivity contribution in [1.82, 2.24) is 0 Å². The van der Waals surface area contributed by atoms with Gasteiger partial charge in [0.25, 0.3) is 0 Å². The third kappa shape index (κ3) is 75.2. The summed E-state index contributed by atoms with van der Waals surface area (Å²) in [7, 11) is -10.00. The maximum Gasteiger partial charge on any atom is 0.472 e.